The summed E-state index contributed by atoms with van der Waals surface area (Å²) in [4.78, 5) is 4.05. The number of hydrogen-bond donors (Lipinski definition) is 1. The van der Waals surface area contributed by atoms with E-state index in [0.717, 1.165) is 0 Å². The van der Waals surface area contributed by atoms with Crippen molar-refractivity contribution in [1.29, 1.82) is 0 Å². The largest absolute Gasteiger partial charge is 0.321 e. The van der Waals surface area contributed by atoms with Crippen LogP contribution in [0.4, 0.5) is 0 Å². The van der Waals surface area contributed by atoms with Gasteiger partial charge in [0, 0.05) is 17.9 Å². The van der Waals surface area contributed by atoms with E-state index in [4.69, 9.17) is 5.73 Å². The van der Waals surface area contributed by atoms with Crippen molar-refractivity contribution in [2.24, 2.45) is 11.1 Å². The molecule has 2 heteroatoms. The highest BCUT2D eigenvalue weighted by Crippen LogP contribution is 2.60. The van der Waals surface area contributed by atoms with Crippen LogP contribution in [0.1, 0.15) is 44.1 Å². The van der Waals surface area contributed by atoms with Gasteiger partial charge < -0.3 is 5.73 Å². The van der Waals surface area contributed by atoms with E-state index in [9.17, 15) is 0 Å². The molecule has 0 aliphatic heterocycles. The van der Waals surface area contributed by atoms with Crippen molar-refractivity contribution in [2.45, 2.75) is 44.1 Å². The Balaban J connectivity index is 1.79. The van der Waals surface area contributed by atoms with Gasteiger partial charge in [-0.3, -0.25) is 4.98 Å². The zero-order valence-electron chi connectivity index (χ0n) is 9.08. The highest BCUT2D eigenvalue weighted by atomic mass is 14.8. The van der Waals surface area contributed by atoms with E-state index in [2.05, 4.69) is 17.1 Å². The van der Waals surface area contributed by atoms with Crippen LogP contribution in [-0.2, 0) is 5.54 Å². The molecule has 0 aromatic carbocycles. The molecule has 0 amide bonds. The summed E-state index contributed by atoms with van der Waals surface area (Å²) in [5.41, 5.74) is 8.28. The second-order valence-electron chi connectivity index (χ2n) is 5.45. The third kappa shape index (κ3) is 1.39. The summed E-state index contributed by atoms with van der Waals surface area (Å²) in [6.45, 7) is 0. The number of nitrogens with two attached hydrogens (primary N) is 1. The van der Waals surface area contributed by atoms with Gasteiger partial charge >= 0.3 is 0 Å². The average Bonchev–Trinajstić information content (AvgIpc) is 2.67. The van der Waals surface area contributed by atoms with Crippen molar-refractivity contribution in [3.05, 3.63) is 30.1 Å². The maximum atomic E-state index is 6.45. The van der Waals surface area contributed by atoms with Gasteiger partial charge in [-0.1, -0.05) is 12.8 Å². The van der Waals surface area contributed by atoms with Gasteiger partial charge in [-0.15, -0.1) is 0 Å². The summed E-state index contributed by atoms with van der Waals surface area (Å²) in [5.74, 6) is 0. The second kappa shape index (κ2) is 3.05. The van der Waals surface area contributed by atoms with E-state index < -0.39 is 0 Å². The Bertz CT molecular complexity index is 344. The summed E-state index contributed by atoms with van der Waals surface area (Å²) in [7, 11) is 0. The first kappa shape index (κ1) is 9.34. The lowest BCUT2D eigenvalue weighted by molar-refractivity contribution is 0.0312. The third-order valence-electron chi connectivity index (χ3n) is 4.30. The van der Waals surface area contributed by atoms with Crippen LogP contribution in [0.3, 0.4) is 0 Å². The molecule has 0 atom stereocenters. The molecule has 0 bridgehead atoms. The second-order valence-corrected chi connectivity index (χ2v) is 5.45. The van der Waals surface area contributed by atoms with Crippen LogP contribution in [0.2, 0.25) is 0 Å². The predicted molar refractivity (Wildman–Crippen MR) is 60.2 cm³/mol. The number of rotatable bonds is 1. The molecule has 2 saturated carbocycles. The molecular weight excluding hydrogens is 184 g/mol. The van der Waals surface area contributed by atoms with Crippen LogP contribution in [-0.4, -0.2) is 4.98 Å². The topological polar surface area (TPSA) is 38.9 Å². The first-order chi connectivity index (χ1) is 7.23. The highest BCUT2D eigenvalue weighted by molar-refractivity contribution is 5.27. The minimum Gasteiger partial charge on any atom is -0.321 e. The van der Waals surface area contributed by atoms with Crippen LogP contribution < -0.4 is 5.73 Å². The van der Waals surface area contributed by atoms with Crippen LogP contribution in [0.25, 0.3) is 0 Å². The standard InChI is InChI=1S/C13H18N2/c14-13(11-3-7-15-8-4-11)9-12(10-13)5-1-2-6-12/h3-4,7-8H,1-2,5-6,9-10,14H2. The predicted octanol–water partition coefficient (Wildman–Crippen LogP) is 2.59. The number of aromatic nitrogens is 1. The summed E-state index contributed by atoms with van der Waals surface area (Å²) >= 11 is 0. The van der Waals surface area contributed by atoms with Crippen LogP contribution in [0.15, 0.2) is 24.5 Å². The maximum Gasteiger partial charge on any atom is 0.0421 e. The van der Waals surface area contributed by atoms with Gasteiger partial charge in [0.25, 0.3) is 0 Å². The summed E-state index contributed by atoms with van der Waals surface area (Å²) < 4.78 is 0. The van der Waals surface area contributed by atoms with Gasteiger partial charge in [0.2, 0.25) is 0 Å². The monoisotopic (exact) mass is 202 g/mol. The normalized spacial score (nSPS) is 26.5. The van der Waals surface area contributed by atoms with E-state index in [1.807, 2.05) is 12.4 Å². The summed E-state index contributed by atoms with van der Waals surface area (Å²) in [6, 6.07) is 4.14. The SMILES string of the molecule is NC1(c2ccncc2)CC2(CCCC2)C1. The first-order valence-corrected chi connectivity index (χ1v) is 5.92. The van der Waals surface area contributed by atoms with Crippen molar-refractivity contribution in [3.63, 3.8) is 0 Å². The maximum absolute atomic E-state index is 6.45. The molecule has 2 N–H and O–H groups in total. The molecule has 1 aromatic rings. The van der Waals surface area contributed by atoms with Crippen molar-refractivity contribution in [3.8, 4) is 0 Å². The van der Waals surface area contributed by atoms with Crippen LogP contribution in [0.5, 0.6) is 0 Å². The minimum atomic E-state index is -0.0483. The molecular formula is C13H18N2. The molecule has 15 heavy (non-hydrogen) atoms. The lowest BCUT2D eigenvalue weighted by Gasteiger charge is -2.53. The van der Waals surface area contributed by atoms with Gasteiger partial charge in [0.15, 0.2) is 0 Å². The Morgan fingerprint density at radius 1 is 1.07 bits per heavy atom. The Morgan fingerprint density at radius 2 is 1.67 bits per heavy atom. The minimum absolute atomic E-state index is 0.0483. The molecule has 2 nitrogen and oxygen atoms in total. The van der Waals surface area contributed by atoms with Crippen molar-refractivity contribution >= 4 is 0 Å². The lowest BCUT2D eigenvalue weighted by atomic mass is 9.55. The fraction of sp³-hybridized carbons (Fsp3) is 0.615. The fourth-order valence-corrected chi connectivity index (χ4v) is 3.65. The zero-order chi connectivity index (χ0) is 10.4. The van der Waals surface area contributed by atoms with E-state index in [1.54, 1.807) is 0 Å². The van der Waals surface area contributed by atoms with Crippen molar-refractivity contribution in [1.82, 2.24) is 4.98 Å². The quantitative estimate of drug-likeness (QED) is 0.760. The van der Waals surface area contributed by atoms with Gasteiger partial charge in [-0.2, -0.15) is 0 Å². The number of nitrogens with zero attached hydrogens (tertiary/aromatic N) is 1. The van der Waals surface area contributed by atoms with E-state index in [1.165, 1.54) is 44.1 Å². The molecule has 3 rings (SSSR count). The smallest absolute Gasteiger partial charge is 0.0421 e. The molecule has 0 unspecified atom stereocenters. The van der Waals surface area contributed by atoms with Crippen LogP contribution >= 0.6 is 0 Å². The van der Waals surface area contributed by atoms with Crippen LogP contribution in [0, 0.1) is 5.41 Å². The Kier molecular flexibility index (Phi) is 1.90. The van der Waals surface area contributed by atoms with E-state index >= 15 is 0 Å². The molecule has 2 aliphatic rings. The Hall–Kier alpha value is -0.890. The third-order valence-corrected chi connectivity index (χ3v) is 4.30. The van der Waals surface area contributed by atoms with E-state index in [-0.39, 0.29) is 5.54 Å². The molecule has 1 aromatic heterocycles. The van der Waals surface area contributed by atoms with Gasteiger partial charge in [-0.25, -0.2) is 0 Å². The molecule has 0 radical (unpaired) electrons. The average molecular weight is 202 g/mol. The highest BCUT2D eigenvalue weighted by Gasteiger charge is 2.53. The number of hydrogen-bond acceptors (Lipinski definition) is 2. The fourth-order valence-electron chi connectivity index (χ4n) is 3.65. The zero-order valence-corrected chi connectivity index (χ0v) is 9.08. The molecule has 2 fully saturated rings. The first-order valence-electron chi connectivity index (χ1n) is 5.92. The molecule has 1 heterocycles. The van der Waals surface area contributed by atoms with Crippen molar-refractivity contribution < 1.29 is 0 Å². The molecule has 0 saturated heterocycles. The van der Waals surface area contributed by atoms with Gasteiger partial charge in [0.1, 0.15) is 0 Å². The lowest BCUT2D eigenvalue weighted by Crippen LogP contribution is -2.54. The molecule has 80 valence electrons. The van der Waals surface area contributed by atoms with Gasteiger partial charge in [-0.05, 0) is 48.8 Å². The summed E-state index contributed by atoms with van der Waals surface area (Å²) in [5, 5.41) is 0. The Morgan fingerprint density at radius 3 is 2.27 bits per heavy atom. The van der Waals surface area contributed by atoms with Crippen molar-refractivity contribution in [2.75, 3.05) is 0 Å². The molecule has 2 aliphatic carbocycles. The number of pyridine rings is 1. The summed E-state index contributed by atoms with van der Waals surface area (Å²) in [6.07, 6.45) is 11.7. The van der Waals surface area contributed by atoms with Gasteiger partial charge in [0.05, 0.1) is 0 Å². The Labute approximate surface area is 90.9 Å². The van der Waals surface area contributed by atoms with E-state index in [0.29, 0.717) is 5.41 Å². The molecule has 1 spiro atoms.